The Hall–Kier alpha value is -3.01. The first-order chi connectivity index (χ1) is 14.9. The Labute approximate surface area is 182 Å². The van der Waals surface area contributed by atoms with Gasteiger partial charge in [0.1, 0.15) is 12.6 Å². The zero-order chi connectivity index (χ0) is 22.0. The molecule has 0 N–H and O–H groups in total. The van der Waals surface area contributed by atoms with E-state index >= 15 is 0 Å². The van der Waals surface area contributed by atoms with E-state index in [1.54, 1.807) is 4.90 Å². The van der Waals surface area contributed by atoms with Gasteiger partial charge >= 0.3 is 12.0 Å². The summed E-state index contributed by atoms with van der Waals surface area (Å²) in [4.78, 5) is 37.8. The number of urea groups is 1. The number of hydrogen-bond acceptors (Lipinski definition) is 5. The number of aromatic nitrogens is 2. The van der Waals surface area contributed by atoms with Gasteiger partial charge in [-0.05, 0) is 25.0 Å². The monoisotopic (exact) mass is 451 g/mol. The van der Waals surface area contributed by atoms with Crippen LogP contribution in [-0.2, 0) is 4.79 Å². The van der Waals surface area contributed by atoms with Gasteiger partial charge in [-0.15, -0.1) is 0 Å². The van der Waals surface area contributed by atoms with Crippen molar-refractivity contribution in [2.24, 2.45) is 0 Å². The molecule has 1 aromatic heterocycles. The quantitative estimate of drug-likeness (QED) is 0.698. The Bertz CT molecular complexity index is 978. The first-order valence-corrected chi connectivity index (χ1v) is 10.2. The van der Waals surface area contributed by atoms with Crippen LogP contribution in [0.4, 0.5) is 19.3 Å². The molecule has 2 fully saturated rings. The molecule has 4 rings (SSSR count). The van der Waals surface area contributed by atoms with Crippen molar-refractivity contribution in [2.45, 2.75) is 18.9 Å². The summed E-state index contributed by atoms with van der Waals surface area (Å²) in [5, 5.41) is 0.403. The van der Waals surface area contributed by atoms with Gasteiger partial charge in [-0.1, -0.05) is 11.6 Å². The van der Waals surface area contributed by atoms with Gasteiger partial charge in [-0.25, -0.2) is 23.5 Å². The number of carbonyl (C=O) groups is 2. The van der Waals surface area contributed by atoms with Crippen LogP contribution in [0.5, 0.6) is 6.01 Å². The molecule has 1 aromatic carbocycles. The number of ether oxygens (including phenoxy) is 1. The van der Waals surface area contributed by atoms with Crippen molar-refractivity contribution in [2.75, 3.05) is 37.6 Å². The van der Waals surface area contributed by atoms with Crippen LogP contribution in [-0.4, -0.2) is 70.5 Å². The van der Waals surface area contributed by atoms with Crippen molar-refractivity contribution in [3.8, 4) is 6.01 Å². The van der Waals surface area contributed by atoms with E-state index in [2.05, 4.69) is 9.97 Å². The maximum atomic E-state index is 13.5. The van der Waals surface area contributed by atoms with E-state index in [-0.39, 0.29) is 36.8 Å². The SMILES string of the molecule is O=C(CN1CCN(c2ccc(F)c(F)c2)C1=O)N1CCCC(Oc2ncc(Cl)cn2)C1. The average Bonchev–Trinajstić information content (AvgIpc) is 3.12. The Kier molecular flexibility index (Phi) is 6.17. The number of nitrogens with zero attached hydrogens (tertiary/aromatic N) is 5. The Morgan fingerprint density at radius 3 is 2.68 bits per heavy atom. The lowest BCUT2D eigenvalue weighted by Crippen LogP contribution is -2.48. The molecule has 1 unspecified atom stereocenters. The van der Waals surface area contributed by atoms with Gasteiger partial charge in [0.15, 0.2) is 11.6 Å². The first-order valence-electron chi connectivity index (χ1n) is 9.84. The third kappa shape index (κ3) is 4.84. The van der Waals surface area contributed by atoms with Crippen LogP contribution in [0.1, 0.15) is 12.8 Å². The molecule has 0 spiro atoms. The normalized spacial score (nSPS) is 19.1. The number of benzene rings is 1. The topological polar surface area (TPSA) is 78.9 Å². The number of halogens is 3. The summed E-state index contributed by atoms with van der Waals surface area (Å²) in [6, 6.07) is 3.07. The van der Waals surface area contributed by atoms with E-state index in [0.29, 0.717) is 24.7 Å². The third-order valence-electron chi connectivity index (χ3n) is 5.24. The molecule has 31 heavy (non-hydrogen) atoms. The largest absolute Gasteiger partial charge is 0.458 e. The molecule has 2 aliphatic rings. The third-order valence-corrected chi connectivity index (χ3v) is 5.43. The van der Waals surface area contributed by atoms with Gasteiger partial charge in [0.2, 0.25) is 5.91 Å². The molecule has 3 amide bonds. The van der Waals surface area contributed by atoms with Crippen molar-refractivity contribution < 1.29 is 23.1 Å². The maximum absolute atomic E-state index is 13.5. The summed E-state index contributed by atoms with van der Waals surface area (Å²) in [5.74, 6) is -2.21. The standard InChI is InChI=1S/C20H20ClF2N5O3/c21-13-9-24-19(25-10-13)31-15-2-1-5-26(11-15)18(29)12-27-6-7-28(20(27)30)14-3-4-16(22)17(23)8-14/h3-4,8-10,15H,1-2,5-7,11-12H2. The Balaban J connectivity index is 1.33. The molecule has 0 bridgehead atoms. The molecule has 2 aromatic rings. The fourth-order valence-electron chi connectivity index (χ4n) is 3.66. The van der Waals surface area contributed by atoms with Crippen LogP contribution in [0.3, 0.4) is 0 Å². The van der Waals surface area contributed by atoms with Crippen molar-refractivity contribution in [1.29, 1.82) is 0 Å². The molecular formula is C20H20ClF2N5O3. The minimum absolute atomic E-state index is 0.0941. The van der Waals surface area contributed by atoms with Crippen LogP contribution < -0.4 is 9.64 Å². The molecule has 11 heteroatoms. The lowest BCUT2D eigenvalue weighted by Gasteiger charge is -2.33. The molecule has 2 saturated heterocycles. The van der Waals surface area contributed by atoms with Crippen LogP contribution in [0, 0.1) is 11.6 Å². The van der Waals surface area contributed by atoms with E-state index in [1.165, 1.54) is 28.3 Å². The second kappa shape index (κ2) is 9.01. The Morgan fingerprint density at radius 2 is 1.94 bits per heavy atom. The number of rotatable bonds is 5. The molecule has 8 nitrogen and oxygen atoms in total. The zero-order valence-corrected chi connectivity index (χ0v) is 17.3. The van der Waals surface area contributed by atoms with E-state index < -0.39 is 17.7 Å². The highest BCUT2D eigenvalue weighted by Crippen LogP contribution is 2.23. The molecule has 3 heterocycles. The highest BCUT2D eigenvalue weighted by atomic mass is 35.5. The number of likely N-dealkylation sites (tertiary alicyclic amines) is 1. The smallest absolute Gasteiger partial charge is 0.325 e. The average molecular weight is 452 g/mol. The number of piperidine rings is 1. The van der Waals surface area contributed by atoms with Gasteiger partial charge in [-0.2, -0.15) is 0 Å². The highest BCUT2D eigenvalue weighted by molar-refractivity contribution is 6.30. The van der Waals surface area contributed by atoms with Gasteiger partial charge in [0.25, 0.3) is 0 Å². The summed E-state index contributed by atoms with van der Waals surface area (Å²) in [6.45, 7) is 1.44. The summed E-state index contributed by atoms with van der Waals surface area (Å²) in [5.41, 5.74) is 0.258. The highest BCUT2D eigenvalue weighted by Gasteiger charge is 2.33. The Morgan fingerprint density at radius 1 is 1.16 bits per heavy atom. The van der Waals surface area contributed by atoms with Crippen molar-refractivity contribution in [1.82, 2.24) is 19.8 Å². The van der Waals surface area contributed by atoms with E-state index in [9.17, 15) is 18.4 Å². The maximum Gasteiger partial charge on any atom is 0.325 e. The molecule has 0 saturated carbocycles. The molecule has 164 valence electrons. The molecule has 2 aliphatic heterocycles. The second-order valence-electron chi connectivity index (χ2n) is 7.36. The lowest BCUT2D eigenvalue weighted by molar-refractivity contribution is -0.134. The van der Waals surface area contributed by atoms with Gasteiger partial charge in [0, 0.05) is 31.4 Å². The minimum Gasteiger partial charge on any atom is -0.458 e. The van der Waals surface area contributed by atoms with Crippen molar-refractivity contribution in [3.05, 3.63) is 47.2 Å². The summed E-state index contributed by atoms with van der Waals surface area (Å²) >= 11 is 5.77. The van der Waals surface area contributed by atoms with Crippen LogP contribution >= 0.6 is 11.6 Å². The fourth-order valence-corrected chi connectivity index (χ4v) is 3.75. The zero-order valence-electron chi connectivity index (χ0n) is 16.5. The number of hydrogen-bond donors (Lipinski definition) is 0. The summed E-state index contributed by atoms with van der Waals surface area (Å²) in [6.07, 6.45) is 4.12. The summed E-state index contributed by atoms with van der Waals surface area (Å²) in [7, 11) is 0. The predicted octanol–water partition coefficient (Wildman–Crippen LogP) is 2.72. The fraction of sp³-hybridized carbons (Fsp3) is 0.400. The predicted molar refractivity (Wildman–Crippen MR) is 108 cm³/mol. The van der Waals surface area contributed by atoms with Crippen LogP contribution in [0.15, 0.2) is 30.6 Å². The van der Waals surface area contributed by atoms with E-state index in [1.807, 2.05) is 0 Å². The van der Waals surface area contributed by atoms with Gasteiger partial charge in [0.05, 0.1) is 24.0 Å². The van der Waals surface area contributed by atoms with Crippen molar-refractivity contribution >= 4 is 29.2 Å². The molecule has 1 atom stereocenters. The summed E-state index contributed by atoms with van der Waals surface area (Å²) < 4.78 is 32.4. The number of anilines is 1. The lowest BCUT2D eigenvalue weighted by atomic mass is 10.1. The first kappa shape index (κ1) is 21.2. The number of carbonyl (C=O) groups excluding carboxylic acids is 2. The van der Waals surface area contributed by atoms with Crippen LogP contribution in [0.2, 0.25) is 5.02 Å². The molecule has 0 aliphatic carbocycles. The minimum atomic E-state index is -1.02. The van der Waals surface area contributed by atoms with Gasteiger partial charge < -0.3 is 14.5 Å². The van der Waals surface area contributed by atoms with Gasteiger partial charge in [-0.3, -0.25) is 9.69 Å². The van der Waals surface area contributed by atoms with E-state index in [4.69, 9.17) is 16.3 Å². The second-order valence-corrected chi connectivity index (χ2v) is 7.80. The molecular weight excluding hydrogens is 432 g/mol. The van der Waals surface area contributed by atoms with E-state index in [0.717, 1.165) is 25.0 Å². The van der Waals surface area contributed by atoms with Crippen LogP contribution in [0.25, 0.3) is 0 Å². The number of amides is 3. The van der Waals surface area contributed by atoms with Crippen molar-refractivity contribution in [3.63, 3.8) is 0 Å². The molecule has 0 radical (unpaired) electrons.